The molecule has 0 bridgehead atoms. The highest BCUT2D eigenvalue weighted by Crippen LogP contribution is 2.31. The Morgan fingerprint density at radius 3 is 2.23 bits per heavy atom. The van der Waals surface area contributed by atoms with E-state index in [1.807, 2.05) is 42.5 Å². The van der Waals surface area contributed by atoms with E-state index in [4.69, 9.17) is 37.5 Å². The molecular formula is C25H31Cl2NO3. The van der Waals surface area contributed by atoms with Crippen molar-refractivity contribution in [3.8, 4) is 11.5 Å². The molecule has 2 rings (SSSR count). The van der Waals surface area contributed by atoms with Crippen molar-refractivity contribution in [2.45, 2.75) is 46.0 Å². The van der Waals surface area contributed by atoms with E-state index in [0.717, 1.165) is 60.3 Å². The standard InChI is InChI=1S/C25H31Cl2NO3/c1-3-21-17-23(29-16-13-24(26)27)18-22(4-2)25(21)30-14-9-6-10-15-31-28-19-20-11-7-5-8-12-20/h5,7-8,11-13,17-19H,3-4,6,9-10,14-16H2,1-2H3. The Morgan fingerprint density at radius 2 is 1.58 bits per heavy atom. The second-order valence-corrected chi connectivity index (χ2v) is 7.98. The van der Waals surface area contributed by atoms with Crippen molar-refractivity contribution in [1.29, 1.82) is 0 Å². The molecule has 0 amide bonds. The number of rotatable bonds is 14. The third-order valence-corrected chi connectivity index (χ3v) is 4.98. The predicted molar refractivity (Wildman–Crippen MR) is 130 cm³/mol. The summed E-state index contributed by atoms with van der Waals surface area (Å²) in [4.78, 5) is 5.33. The van der Waals surface area contributed by atoms with Gasteiger partial charge in [0.25, 0.3) is 0 Å². The Bertz CT molecular complexity index is 809. The summed E-state index contributed by atoms with van der Waals surface area (Å²) in [6.07, 6.45) is 8.04. The molecule has 0 saturated carbocycles. The van der Waals surface area contributed by atoms with Crippen molar-refractivity contribution in [1.82, 2.24) is 0 Å². The van der Waals surface area contributed by atoms with Crippen LogP contribution in [0.15, 0.2) is 58.2 Å². The van der Waals surface area contributed by atoms with Crippen LogP contribution in [0.25, 0.3) is 0 Å². The number of hydrogen-bond acceptors (Lipinski definition) is 4. The van der Waals surface area contributed by atoms with Crippen LogP contribution in [0.5, 0.6) is 11.5 Å². The van der Waals surface area contributed by atoms with E-state index in [2.05, 4.69) is 19.0 Å². The fraction of sp³-hybridized carbons (Fsp3) is 0.400. The highest BCUT2D eigenvalue weighted by molar-refractivity contribution is 6.55. The Hall–Kier alpha value is -2.17. The number of benzene rings is 2. The van der Waals surface area contributed by atoms with Gasteiger partial charge in [-0.05, 0) is 67.0 Å². The number of ether oxygens (including phenoxy) is 2. The van der Waals surface area contributed by atoms with Gasteiger partial charge in [-0.2, -0.15) is 0 Å². The molecule has 0 N–H and O–H groups in total. The number of oxime groups is 1. The molecule has 0 aliphatic heterocycles. The van der Waals surface area contributed by atoms with Crippen LogP contribution >= 0.6 is 23.2 Å². The van der Waals surface area contributed by atoms with Gasteiger partial charge in [0.05, 0.1) is 12.8 Å². The normalized spacial score (nSPS) is 10.8. The number of halogens is 2. The lowest BCUT2D eigenvalue weighted by atomic mass is 10.0. The quantitative estimate of drug-likeness (QED) is 0.170. The highest BCUT2D eigenvalue weighted by Gasteiger charge is 2.11. The fourth-order valence-corrected chi connectivity index (χ4v) is 3.15. The van der Waals surface area contributed by atoms with Crippen LogP contribution < -0.4 is 9.47 Å². The lowest BCUT2D eigenvalue weighted by Crippen LogP contribution is -2.05. The SMILES string of the molecule is CCc1cc(OCC=C(Cl)Cl)cc(CC)c1OCCCCCON=Cc1ccccc1. The number of unbranched alkanes of at least 4 members (excludes halogenated alkanes) is 2. The molecule has 4 nitrogen and oxygen atoms in total. The van der Waals surface area contributed by atoms with Gasteiger partial charge in [-0.1, -0.05) is 72.5 Å². The molecule has 168 valence electrons. The maximum absolute atomic E-state index is 6.15. The summed E-state index contributed by atoms with van der Waals surface area (Å²) < 4.78 is 12.1. The van der Waals surface area contributed by atoms with Crippen LogP contribution in [0.4, 0.5) is 0 Å². The van der Waals surface area contributed by atoms with Crippen LogP contribution in [0.2, 0.25) is 0 Å². The van der Waals surface area contributed by atoms with E-state index in [1.165, 1.54) is 0 Å². The summed E-state index contributed by atoms with van der Waals surface area (Å²) in [5, 5.41) is 4.01. The van der Waals surface area contributed by atoms with Crippen molar-refractivity contribution >= 4 is 29.4 Å². The topological polar surface area (TPSA) is 40.0 Å². The largest absolute Gasteiger partial charge is 0.493 e. The summed E-state index contributed by atoms with van der Waals surface area (Å²) in [6, 6.07) is 14.0. The first kappa shape index (κ1) is 25.1. The van der Waals surface area contributed by atoms with Gasteiger partial charge in [0.1, 0.15) is 29.2 Å². The maximum atomic E-state index is 6.15. The number of nitrogens with zero attached hydrogens (tertiary/aromatic N) is 1. The highest BCUT2D eigenvalue weighted by atomic mass is 35.5. The lowest BCUT2D eigenvalue weighted by molar-refractivity contribution is 0.140. The van der Waals surface area contributed by atoms with Gasteiger partial charge in [-0.15, -0.1) is 0 Å². The molecule has 0 saturated heterocycles. The van der Waals surface area contributed by atoms with Gasteiger partial charge in [0, 0.05) is 0 Å². The monoisotopic (exact) mass is 463 g/mol. The van der Waals surface area contributed by atoms with E-state index in [9.17, 15) is 0 Å². The predicted octanol–water partition coefficient (Wildman–Crippen LogP) is 7.11. The Balaban J connectivity index is 1.74. The summed E-state index contributed by atoms with van der Waals surface area (Å²) in [7, 11) is 0. The van der Waals surface area contributed by atoms with Crippen LogP contribution in [0.3, 0.4) is 0 Å². The van der Waals surface area contributed by atoms with Crippen molar-refractivity contribution in [2.75, 3.05) is 19.8 Å². The van der Waals surface area contributed by atoms with E-state index in [-0.39, 0.29) is 4.49 Å². The molecule has 0 unspecified atom stereocenters. The zero-order valence-corrected chi connectivity index (χ0v) is 19.8. The molecule has 2 aromatic rings. The van der Waals surface area contributed by atoms with E-state index in [0.29, 0.717) is 19.8 Å². The zero-order valence-electron chi connectivity index (χ0n) is 18.3. The molecule has 0 atom stereocenters. The molecule has 6 heteroatoms. The van der Waals surface area contributed by atoms with Gasteiger partial charge in [-0.3, -0.25) is 0 Å². The number of hydrogen-bond donors (Lipinski definition) is 0. The number of aryl methyl sites for hydroxylation is 2. The smallest absolute Gasteiger partial charge is 0.125 e. The lowest BCUT2D eigenvalue weighted by Gasteiger charge is -2.17. The fourth-order valence-electron chi connectivity index (χ4n) is 3.03. The minimum atomic E-state index is 0.208. The molecule has 0 heterocycles. The third-order valence-electron chi connectivity index (χ3n) is 4.67. The summed E-state index contributed by atoms with van der Waals surface area (Å²) in [5.41, 5.74) is 3.33. The van der Waals surface area contributed by atoms with Gasteiger partial charge in [0.2, 0.25) is 0 Å². The maximum Gasteiger partial charge on any atom is 0.125 e. The molecule has 0 aromatic heterocycles. The van der Waals surface area contributed by atoms with Gasteiger partial charge in [-0.25, -0.2) is 0 Å². The molecule has 0 aliphatic rings. The van der Waals surface area contributed by atoms with Crippen molar-refractivity contribution < 1.29 is 14.3 Å². The van der Waals surface area contributed by atoms with Crippen molar-refractivity contribution in [3.63, 3.8) is 0 Å². The first-order valence-electron chi connectivity index (χ1n) is 10.8. The molecule has 0 radical (unpaired) electrons. The molecule has 31 heavy (non-hydrogen) atoms. The zero-order chi connectivity index (χ0) is 22.3. The Kier molecular flexibility index (Phi) is 12.0. The Morgan fingerprint density at radius 1 is 0.903 bits per heavy atom. The van der Waals surface area contributed by atoms with Crippen LogP contribution in [-0.2, 0) is 17.7 Å². The minimum Gasteiger partial charge on any atom is -0.493 e. The second kappa shape index (κ2) is 14.8. The summed E-state index contributed by atoms with van der Waals surface area (Å²) in [5.74, 6) is 1.78. The van der Waals surface area contributed by atoms with Gasteiger partial charge < -0.3 is 14.3 Å². The molecular weight excluding hydrogens is 433 g/mol. The average Bonchev–Trinajstić information content (AvgIpc) is 2.78. The van der Waals surface area contributed by atoms with Gasteiger partial charge in [0.15, 0.2) is 0 Å². The van der Waals surface area contributed by atoms with E-state index in [1.54, 1.807) is 12.3 Å². The first-order chi connectivity index (χ1) is 15.1. The third kappa shape index (κ3) is 9.67. The van der Waals surface area contributed by atoms with E-state index < -0.39 is 0 Å². The molecule has 0 aliphatic carbocycles. The molecule has 0 fully saturated rings. The van der Waals surface area contributed by atoms with Crippen LogP contribution in [0.1, 0.15) is 49.8 Å². The van der Waals surface area contributed by atoms with Crippen LogP contribution in [0, 0.1) is 0 Å². The van der Waals surface area contributed by atoms with Crippen LogP contribution in [-0.4, -0.2) is 26.0 Å². The average molecular weight is 464 g/mol. The molecule has 0 spiro atoms. The van der Waals surface area contributed by atoms with Gasteiger partial charge >= 0.3 is 0 Å². The molecule has 2 aromatic carbocycles. The summed E-state index contributed by atoms with van der Waals surface area (Å²) in [6.45, 7) is 5.86. The van der Waals surface area contributed by atoms with Crippen molar-refractivity contribution in [2.24, 2.45) is 5.16 Å². The first-order valence-corrected chi connectivity index (χ1v) is 11.5. The van der Waals surface area contributed by atoms with Crippen molar-refractivity contribution in [3.05, 3.63) is 69.7 Å². The van der Waals surface area contributed by atoms with E-state index >= 15 is 0 Å². The summed E-state index contributed by atoms with van der Waals surface area (Å²) >= 11 is 11.3. The Labute approximate surface area is 195 Å². The second-order valence-electron chi connectivity index (χ2n) is 6.97. The minimum absolute atomic E-state index is 0.208.